The lowest BCUT2D eigenvalue weighted by Gasteiger charge is -1.97. The maximum atomic E-state index is 10.9. The van der Waals surface area contributed by atoms with E-state index in [-0.39, 0.29) is 0 Å². The summed E-state index contributed by atoms with van der Waals surface area (Å²) in [5, 5.41) is 1.67. The Hall–Kier alpha value is -0.890. The highest BCUT2D eigenvalue weighted by molar-refractivity contribution is 7.87. The minimum absolute atomic E-state index is 0.899. The molecule has 0 spiro atoms. The van der Waals surface area contributed by atoms with Crippen molar-refractivity contribution in [2.24, 2.45) is 0 Å². The van der Waals surface area contributed by atoms with Crippen LogP contribution in [0.2, 0.25) is 0 Å². The van der Waals surface area contributed by atoms with E-state index >= 15 is 0 Å². The van der Waals surface area contributed by atoms with Crippen LogP contribution in [0, 0.1) is 0 Å². The molecule has 0 saturated heterocycles. The molecule has 1 unspecified atom stereocenters. The summed E-state index contributed by atoms with van der Waals surface area (Å²) < 4.78 is 10.9. The second-order valence-corrected chi connectivity index (χ2v) is 3.68. The van der Waals surface area contributed by atoms with Crippen LogP contribution < -0.4 is 0 Å². The first-order valence-electron chi connectivity index (χ1n) is 3.57. The Balaban J connectivity index is 4.66. The van der Waals surface area contributed by atoms with Gasteiger partial charge in [-0.15, -0.1) is 0 Å². The van der Waals surface area contributed by atoms with Gasteiger partial charge in [0.15, 0.2) is 0 Å². The van der Waals surface area contributed by atoms with Crippen molar-refractivity contribution < 1.29 is 4.21 Å². The molecule has 0 aromatic heterocycles. The predicted octanol–water partition coefficient (Wildman–Crippen LogP) is 2.57. The third kappa shape index (κ3) is 4.85. The first kappa shape index (κ1) is 11.1. The van der Waals surface area contributed by atoms with E-state index in [4.69, 9.17) is 0 Å². The molecule has 0 heterocycles. The topological polar surface area (TPSA) is 17.1 Å². The molecule has 1 nitrogen and oxygen atoms in total. The van der Waals surface area contributed by atoms with Gasteiger partial charge in [-0.25, -0.2) is 0 Å². The molecule has 0 saturated carbocycles. The van der Waals surface area contributed by atoms with Crippen molar-refractivity contribution in [1.29, 1.82) is 0 Å². The highest BCUT2D eigenvalue weighted by atomic mass is 32.2. The van der Waals surface area contributed by atoms with Crippen LogP contribution in [0.5, 0.6) is 0 Å². The van der Waals surface area contributed by atoms with Gasteiger partial charge in [-0.2, -0.15) is 0 Å². The molecule has 0 rings (SSSR count). The summed E-state index contributed by atoms with van der Waals surface area (Å²) in [6, 6.07) is 0. The normalized spacial score (nSPS) is 14.7. The molecule has 2 heteroatoms. The third-order valence-corrected chi connectivity index (χ3v) is 1.78. The molecular weight excluding hydrogens is 168 g/mol. The molecule has 0 amide bonds. The first-order valence-corrected chi connectivity index (χ1v) is 5.19. The standard InChI is InChI=1S/C10H14OS/c1-5-6-7-10(9(2)3)8-12(4)11/h5-8H,1-2H2,3-4H3/b7-6-,10-8-. The Kier molecular flexibility index (Phi) is 5.30. The van der Waals surface area contributed by atoms with Crippen molar-refractivity contribution >= 4 is 10.8 Å². The van der Waals surface area contributed by atoms with Gasteiger partial charge in [-0.1, -0.05) is 37.0 Å². The summed E-state index contributed by atoms with van der Waals surface area (Å²) in [4.78, 5) is 0. The smallest absolute Gasteiger partial charge is 0.0430 e. The molecule has 12 heavy (non-hydrogen) atoms. The fraction of sp³-hybridized carbons (Fsp3) is 0.200. The van der Waals surface area contributed by atoms with Crippen molar-refractivity contribution in [1.82, 2.24) is 0 Å². The zero-order valence-corrected chi connectivity index (χ0v) is 8.36. The maximum Gasteiger partial charge on any atom is 0.0430 e. The summed E-state index contributed by atoms with van der Waals surface area (Å²) >= 11 is 0. The molecule has 0 aliphatic heterocycles. The molecular formula is C10H14OS. The molecule has 1 atom stereocenters. The van der Waals surface area contributed by atoms with Crippen LogP contribution in [0.25, 0.3) is 0 Å². The molecule has 0 aromatic rings. The van der Waals surface area contributed by atoms with E-state index in [1.54, 1.807) is 23.8 Å². The van der Waals surface area contributed by atoms with Crippen LogP contribution in [-0.2, 0) is 10.8 Å². The Bertz CT molecular complexity index is 259. The third-order valence-electron chi connectivity index (χ3n) is 1.20. The summed E-state index contributed by atoms with van der Waals surface area (Å²) in [6.07, 6.45) is 6.95. The summed E-state index contributed by atoms with van der Waals surface area (Å²) in [5.41, 5.74) is 1.80. The van der Waals surface area contributed by atoms with Crippen molar-refractivity contribution in [3.05, 3.63) is 47.9 Å². The highest BCUT2D eigenvalue weighted by Gasteiger charge is 1.93. The van der Waals surface area contributed by atoms with E-state index in [9.17, 15) is 4.21 Å². The average Bonchev–Trinajstić information content (AvgIpc) is 1.96. The largest absolute Gasteiger partial charge is 0.255 e. The molecule has 0 radical (unpaired) electrons. The van der Waals surface area contributed by atoms with Crippen LogP contribution in [0.3, 0.4) is 0 Å². The van der Waals surface area contributed by atoms with Crippen molar-refractivity contribution in [3.63, 3.8) is 0 Å². The van der Waals surface area contributed by atoms with E-state index < -0.39 is 10.8 Å². The van der Waals surface area contributed by atoms with Crippen LogP contribution in [0.15, 0.2) is 47.9 Å². The van der Waals surface area contributed by atoms with Gasteiger partial charge in [0.25, 0.3) is 0 Å². The van der Waals surface area contributed by atoms with Gasteiger partial charge in [0.1, 0.15) is 0 Å². The summed E-state index contributed by atoms with van der Waals surface area (Å²) in [5.74, 6) is 0. The van der Waals surface area contributed by atoms with Gasteiger partial charge in [0, 0.05) is 22.5 Å². The molecule has 0 aliphatic carbocycles. The Morgan fingerprint density at radius 2 is 2.08 bits per heavy atom. The predicted molar refractivity (Wildman–Crippen MR) is 56.3 cm³/mol. The second kappa shape index (κ2) is 5.72. The maximum absolute atomic E-state index is 10.9. The number of hydrogen-bond donors (Lipinski definition) is 0. The van der Waals surface area contributed by atoms with E-state index in [1.165, 1.54) is 0 Å². The van der Waals surface area contributed by atoms with Gasteiger partial charge in [0.2, 0.25) is 0 Å². The van der Waals surface area contributed by atoms with E-state index in [0.717, 1.165) is 11.1 Å². The van der Waals surface area contributed by atoms with Crippen molar-refractivity contribution in [2.75, 3.05) is 6.26 Å². The Labute approximate surface area is 76.6 Å². The fourth-order valence-electron chi connectivity index (χ4n) is 0.633. The second-order valence-electron chi connectivity index (χ2n) is 2.45. The van der Waals surface area contributed by atoms with Gasteiger partial charge < -0.3 is 0 Å². The van der Waals surface area contributed by atoms with Gasteiger partial charge >= 0.3 is 0 Å². The van der Waals surface area contributed by atoms with Gasteiger partial charge in [-0.3, -0.25) is 4.21 Å². The molecule has 0 fully saturated rings. The lowest BCUT2D eigenvalue weighted by molar-refractivity contribution is 0.691. The fourth-order valence-corrected chi connectivity index (χ4v) is 1.27. The first-order chi connectivity index (χ1) is 5.57. The highest BCUT2D eigenvalue weighted by Crippen LogP contribution is 2.08. The summed E-state index contributed by atoms with van der Waals surface area (Å²) in [7, 11) is -0.928. The SMILES string of the molecule is C=C/C=C\C(=C\S(C)=O)C(=C)C. The number of rotatable bonds is 4. The van der Waals surface area contributed by atoms with Gasteiger partial charge in [-0.05, 0) is 12.5 Å². The van der Waals surface area contributed by atoms with Crippen LogP contribution in [0.4, 0.5) is 0 Å². The van der Waals surface area contributed by atoms with E-state index in [1.807, 2.05) is 13.0 Å². The molecule has 0 aliphatic rings. The molecule has 0 N–H and O–H groups in total. The van der Waals surface area contributed by atoms with Crippen molar-refractivity contribution in [2.45, 2.75) is 6.92 Å². The Morgan fingerprint density at radius 3 is 2.42 bits per heavy atom. The number of allylic oxidation sites excluding steroid dienone is 5. The monoisotopic (exact) mass is 182 g/mol. The zero-order chi connectivity index (χ0) is 9.56. The van der Waals surface area contributed by atoms with E-state index in [2.05, 4.69) is 13.2 Å². The summed E-state index contributed by atoms with van der Waals surface area (Å²) in [6.45, 7) is 9.21. The van der Waals surface area contributed by atoms with Crippen LogP contribution >= 0.6 is 0 Å². The van der Waals surface area contributed by atoms with Crippen LogP contribution in [0.1, 0.15) is 6.92 Å². The minimum Gasteiger partial charge on any atom is -0.255 e. The van der Waals surface area contributed by atoms with Gasteiger partial charge in [0.05, 0.1) is 0 Å². The Morgan fingerprint density at radius 1 is 1.50 bits per heavy atom. The molecule has 0 aromatic carbocycles. The average molecular weight is 182 g/mol. The van der Waals surface area contributed by atoms with Crippen LogP contribution in [-0.4, -0.2) is 10.5 Å². The number of hydrogen-bond acceptors (Lipinski definition) is 1. The molecule has 0 bridgehead atoms. The van der Waals surface area contributed by atoms with Crippen molar-refractivity contribution in [3.8, 4) is 0 Å². The molecule has 66 valence electrons. The quantitative estimate of drug-likeness (QED) is 0.611. The lowest BCUT2D eigenvalue weighted by atomic mass is 10.1. The lowest BCUT2D eigenvalue weighted by Crippen LogP contribution is -1.84. The zero-order valence-electron chi connectivity index (χ0n) is 7.54. The van der Waals surface area contributed by atoms with E-state index in [0.29, 0.717) is 0 Å². The minimum atomic E-state index is -0.928.